The molecule has 11 rings (SSSR count). The van der Waals surface area contributed by atoms with E-state index in [-0.39, 0.29) is 6.71 Å². The zero-order valence-electron chi connectivity index (χ0n) is 33.6. The number of anilines is 6. The smallest absolute Gasteiger partial charge is 0.256 e. The third-order valence-corrected chi connectivity index (χ3v) is 12.1. The summed E-state index contributed by atoms with van der Waals surface area (Å²) in [7, 11) is 0. The predicted molar refractivity (Wildman–Crippen MR) is 253 cm³/mol. The molecule has 0 saturated carbocycles. The molecule has 4 heteroatoms. The van der Waals surface area contributed by atoms with Crippen molar-refractivity contribution in [3.8, 4) is 44.9 Å². The van der Waals surface area contributed by atoms with Crippen LogP contribution >= 0.6 is 0 Å². The fourth-order valence-corrected chi connectivity index (χ4v) is 9.36. The summed E-state index contributed by atoms with van der Waals surface area (Å²) in [5, 5.41) is 0. The maximum absolute atomic E-state index is 7.07. The van der Waals surface area contributed by atoms with Crippen LogP contribution in [0.25, 0.3) is 33.4 Å². The number of para-hydroxylation sites is 2. The van der Waals surface area contributed by atoms with Crippen LogP contribution in [0.1, 0.15) is 11.1 Å². The van der Waals surface area contributed by atoms with Gasteiger partial charge in [0.1, 0.15) is 11.5 Å². The summed E-state index contributed by atoms with van der Waals surface area (Å²) >= 11 is 0. The van der Waals surface area contributed by atoms with Crippen molar-refractivity contribution in [3.05, 3.63) is 223 Å². The highest BCUT2D eigenvalue weighted by Gasteiger charge is 2.42. The molecule has 0 saturated heterocycles. The van der Waals surface area contributed by atoms with Gasteiger partial charge in [-0.25, -0.2) is 0 Å². The fourth-order valence-electron chi connectivity index (χ4n) is 9.36. The van der Waals surface area contributed by atoms with Gasteiger partial charge in [-0.15, -0.1) is 0 Å². The highest BCUT2D eigenvalue weighted by atomic mass is 16.5. The standard InChI is InChI=1S/C56H41BN2O/c1-38-26-30-47(39(2)34-38)48-35-42(40-16-7-3-8-17-40)27-32-51(48)59-52-33-28-43(41-18-9-4-10-19-41)36-50(52)57-49-31-29-46(37-55(49)60-54-25-15-24-53(59)56(54)57)58(44-20-11-5-12-21-44)45-22-13-6-14-23-45/h3-37H,1-2H3. The summed E-state index contributed by atoms with van der Waals surface area (Å²) in [6.45, 7) is 4.34. The van der Waals surface area contributed by atoms with Crippen molar-refractivity contribution in [2.75, 3.05) is 9.80 Å². The third-order valence-electron chi connectivity index (χ3n) is 12.1. The van der Waals surface area contributed by atoms with Gasteiger partial charge in [-0.1, -0.05) is 151 Å². The lowest BCUT2D eigenvalue weighted by molar-refractivity contribution is 0.487. The Morgan fingerprint density at radius 2 is 1.02 bits per heavy atom. The Morgan fingerprint density at radius 3 is 1.67 bits per heavy atom. The van der Waals surface area contributed by atoms with Crippen LogP contribution in [0.2, 0.25) is 0 Å². The highest BCUT2D eigenvalue weighted by Crippen LogP contribution is 2.47. The molecule has 284 valence electrons. The van der Waals surface area contributed by atoms with Crippen LogP contribution in [0, 0.1) is 13.8 Å². The minimum Gasteiger partial charge on any atom is -0.458 e. The molecule has 0 fully saturated rings. The molecular formula is C56H41BN2O. The molecule has 0 aliphatic carbocycles. The van der Waals surface area contributed by atoms with Crippen molar-refractivity contribution in [2.24, 2.45) is 0 Å². The average molecular weight is 769 g/mol. The first-order valence-corrected chi connectivity index (χ1v) is 20.7. The van der Waals surface area contributed by atoms with E-state index in [0.717, 1.165) is 51.1 Å². The van der Waals surface area contributed by atoms with Gasteiger partial charge in [-0.3, -0.25) is 0 Å². The number of nitrogens with zero attached hydrogens (tertiary/aromatic N) is 2. The molecule has 0 N–H and O–H groups in total. The van der Waals surface area contributed by atoms with Crippen LogP contribution in [0.15, 0.2) is 212 Å². The molecular weight excluding hydrogens is 727 g/mol. The maximum atomic E-state index is 7.07. The fraction of sp³-hybridized carbons (Fsp3) is 0.0357. The van der Waals surface area contributed by atoms with Crippen molar-refractivity contribution < 1.29 is 4.74 Å². The first kappa shape index (κ1) is 35.6. The summed E-state index contributed by atoms with van der Waals surface area (Å²) in [5.74, 6) is 1.74. The van der Waals surface area contributed by atoms with E-state index in [1.807, 2.05) is 0 Å². The Bertz CT molecular complexity index is 3000. The van der Waals surface area contributed by atoms with Crippen LogP contribution in [0.4, 0.5) is 34.1 Å². The number of hydrogen-bond donors (Lipinski definition) is 0. The normalized spacial score (nSPS) is 12.2. The number of rotatable bonds is 7. The van der Waals surface area contributed by atoms with Crippen molar-refractivity contribution in [1.29, 1.82) is 0 Å². The van der Waals surface area contributed by atoms with E-state index in [1.54, 1.807) is 0 Å². The van der Waals surface area contributed by atoms with Gasteiger partial charge in [-0.05, 0) is 124 Å². The van der Waals surface area contributed by atoms with Gasteiger partial charge in [0.25, 0.3) is 6.71 Å². The highest BCUT2D eigenvalue weighted by molar-refractivity contribution is 6.99. The van der Waals surface area contributed by atoms with Gasteiger partial charge in [0, 0.05) is 40.1 Å². The topological polar surface area (TPSA) is 15.7 Å². The Balaban J connectivity index is 1.13. The second-order valence-electron chi connectivity index (χ2n) is 15.8. The van der Waals surface area contributed by atoms with Crippen molar-refractivity contribution >= 4 is 57.2 Å². The van der Waals surface area contributed by atoms with E-state index in [4.69, 9.17) is 4.74 Å². The molecule has 0 bridgehead atoms. The summed E-state index contributed by atoms with van der Waals surface area (Å²) in [5.41, 5.74) is 19.9. The van der Waals surface area contributed by atoms with Crippen molar-refractivity contribution in [1.82, 2.24) is 0 Å². The predicted octanol–water partition coefficient (Wildman–Crippen LogP) is 13.2. The van der Waals surface area contributed by atoms with Gasteiger partial charge in [-0.2, -0.15) is 0 Å². The summed E-state index contributed by atoms with van der Waals surface area (Å²) in [6, 6.07) is 76.7. The Labute approximate surface area is 352 Å². The molecule has 0 atom stereocenters. The lowest BCUT2D eigenvalue weighted by atomic mass is 9.34. The van der Waals surface area contributed by atoms with Crippen molar-refractivity contribution in [2.45, 2.75) is 13.8 Å². The molecule has 0 radical (unpaired) electrons. The van der Waals surface area contributed by atoms with E-state index in [1.165, 1.54) is 55.4 Å². The maximum Gasteiger partial charge on any atom is 0.256 e. The second-order valence-corrected chi connectivity index (χ2v) is 15.8. The molecule has 60 heavy (non-hydrogen) atoms. The Hall–Kier alpha value is -7.56. The molecule has 2 aliphatic heterocycles. The number of hydrogen-bond acceptors (Lipinski definition) is 3. The van der Waals surface area contributed by atoms with Crippen LogP contribution in [-0.4, -0.2) is 6.71 Å². The Kier molecular flexibility index (Phi) is 8.71. The number of fused-ring (bicyclic) bond motifs is 4. The van der Waals surface area contributed by atoms with Gasteiger partial charge in [0.05, 0.1) is 5.69 Å². The van der Waals surface area contributed by atoms with Gasteiger partial charge < -0.3 is 14.5 Å². The SMILES string of the molecule is Cc1ccc(-c2cc(-c3ccccc3)ccc2N2c3ccc(-c4ccccc4)cc3B3c4ccc(N(c5ccccc5)c5ccccc5)cc4Oc4cccc2c43)c(C)c1. The Morgan fingerprint density at radius 1 is 0.400 bits per heavy atom. The minimum atomic E-state index is -0.0565. The zero-order chi connectivity index (χ0) is 40.2. The summed E-state index contributed by atoms with van der Waals surface area (Å²) < 4.78 is 7.07. The molecule has 2 heterocycles. The van der Waals surface area contributed by atoms with Gasteiger partial charge in [0.2, 0.25) is 0 Å². The summed E-state index contributed by atoms with van der Waals surface area (Å²) in [4.78, 5) is 4.78. The molecule has 9 aromatic carbocycles. The molecule has 2 aliphatic rings. The monoisotopic (exact) mass is 768 g/mol. The lowest BCUT2D eigenvalue weighted by Gasteiger charge is -2.41. The van der Waals surface area contributed by atoms with Gasteiger partial charge >= 0.3 is 0 Å². The summed E-state index contributed by atoms with van der Waals surface area (Å²) in [6.07, 6.45) is 0. The largest absolute Gasteiger partial charge is 0.458 e. The molecule has 0 amide bonds. The molecule has 0 unspecified atom stereocenters. The molecule has 0 spiro atoms. The van der Waals surface area contributed by atoms with Crippen molar-refractivity contribution in [3.63, 3.8) is 0 Å². The average Bonchev–Trinajstić information content (AvgIpc) is 3.30. The van der Waals surface area contributed by atoms with E-state index in [2.05, 4.69) is 236 Å². The third kappa shape index (κ3) is 6.08. The minimum absolute atomic E-state index is 0.0565. The first-order chi connectivity index (χ1) is 29.6. The molecule has 3 nitrogen and oxygen atoms in total. The first-order valence-electron chi connectivity index (χ1n) is 20.7. The lowest BCUT2D eigenvalue weighted by Crippen LogP contribution is -2.59. The second kappa shape index (κ2) is 14.7. The number of benzene rings is 9. The zero-order valence-corrected chi connectivity index (χ0v) is 33.6. The van der Waals surface area contributed by atoms with Crippen LogP contribution in [-0.2, 0) is 0 Å². The van der Waals surface area contributed by atoms with E-state index in [0.29, 0.717) is 0 Å². The number of ether oxygens (including phenoxy) is 1. The quantitative estimate of drug-likeness (QED) is 0.150. The number of aryl methyl sites for hydroxylation is 2. The van der Waals surface area contributed by atoms with E-state index < -0.39 is 0 Å². The van der Waals surface area contributed by atoms with Crippen LogP contribution in [0.3, 0.4) is 0 Å². The van der Waals surface area contributed by atoms with E-state index in [9.17, 15) is 0 Å². The van der Waals surface area contributed by atoms with Crippen LogP contribution in [0.5, 0.6) is 11.5 Å². The molecule has 0 aromatic heterocycles. The van der Waals surface area contributed by atoms with E-state index >= 15 is 0 Å². The molecule has 9 aromatic rings. The van der Waals surface area contributed by atoms with Crippen LogP contribution < -0.4 is 30.9 Å². The van der Waals surface area contributed by atoms with Gasteiger partial charge in [0.15, 0.2) is 0 Å².